The average Bonchev–Trinajstić information content (AvgIpc) is 3.28. The average molecular weight is 672 g/mol. The van der Waals surface area contributed by atoms with Crippen molar-refractivity contribution in [3.8, 4) is 11.8 Å². The van der Waals surface area contributed by atoms with E-state index in [4.69, 9.17) is 27.7 Å². The third kappa shape index (κ3) is 7.60. The number of nitrogens with two attached hydrogens (primary N) is 1. The zero-order valence-corrected chi connectivity index (χ0v) is 28.8. The fraction of sp³-hybridized carbons (Fsp3) is 0.389. The van der Waals surface area contributed by atoms with Crippen molar-refractivity contribution in [1.82, 2.24) is 4.90 Å². The summed E-state index contributed by atoms with van der Waals surface area (Å²) in [5.41, 5.74) is 11.7. The molecule has 1 saturated heterocycles. The number of aryl methyl sites for hydroxylation is 1. The Labute approximate surface area is 286 Å². The summed E-state index contributed by atoms with van der Waals surface area (Å²) in [6.45, 7) is 8.66. The van der Waals surface area contributed by atoms with Crippen LogP contribution in [0.5, 0.6) is 0 Å². The molecule has 2 aliphatic rings. The Morgan fingerprint density at radius 3 is 2.51 bits per heavy atom. The fourth-order valence-corrected chi connectivity index (χ4v) is 7.29. The first-order valence-corrected chi connectivity index (χ1v) is 17.2. The highest BCUT2D eigenvalue weighted by Gasteiger charge is 2.36. The third-order valence-electron chi connectivity index (χ3n) is 8.70. The lowest BCUT2D eigenvalue weighted by Gasteiger charge is -2.37. The van der Waals surface area contributed by atoms with E-state index in [0.717, 1.165) is 62.6 Å². The van der Waals surface area contributed by atoms with Gasteiger partial charge in [-0.15, -0.1) is 11.3 Å². The number of benzene rings is 2. The van der Waals surface area contributed by atoms with E-state index in [1.165, 1.54) is 11.3 Å². The van der Waals surface area contributed by atoms with Gasteiger partial charge < -0.3 is 20.6 Å². The zero-order valence-electron chi connectivity index (χ0n) is 27.2. The summed E-state index contributed by atoms with van der Waals surface area (Å²) in [6, 6.07) is 12.7. The number of aliphatic imine (C=N–C) groups is 1. The molecule has 0 radical (unpaired) electrons. The van der Waals surface area contributed by atoms with Crippen molar-refractivity contribution in [3.63, 3.8) is 0 Å². The Morgan fingerprint density at radius 2 is 1.85 bits per heavy atom. The molecule has 0 spiro atoms. The van der Waals surface area contributed by atoms with Gasteiger partial charge >= 0.3 is 0 Å². The van der Waals surface area contributed by atoms with E-state index in [-0.39, 0.29) is 30.6 Å². The number of carbonyl (C=O) groups excluding carboxylic acids is 1. The Bertz CT molecular complexity index is 1750. The molecule has 1 fully saturated rings. The number of carbonyl (C=O) groups is 1. The number of fused-ring (bicyclic) bond motifs is 1. The minimum Gasteiger partial charge on any atom is -0.392 e. The van der Waals surface area contributed by atoms with Gasteiger partial charge in [-0.1, -0.05) is 35.6 Å². The van der Waals surface area contributed by atoms with Crippen LogP contribution in [0, 0.1) is 36.5 Å². The van der Waals surface area contributed by atoms with Crippen LogP contribution in [0.4, 0.5) is 10.7 Å². The summed E-state index contributed by atoms with van der Waals surface area (Å²) < 4.78 is 0. The van der Waals surface area contributed by atoms with Gasteiger partial charge in [-0.25, -0.2) is 0 Å². The highest BCUT2D eigenvalue weighted by Crippen LogP contribution is 2.40. The smallest absolute Gasteiger partial charge is 0.225 e. The predicted molar refractivity (Wildman–Crippen MR) is 194 cm³/mol. The van der Waals surface area contributed by atoms with Gasteiger partial charge in [-0.3, -0.25) is 25.5 Å². The Hall–Kier alpha value is -4.01. The number of nitrogens with zero attached hydrogens (tertiary/aromatic N) is 4. The van der Waals surface area contributed by atoms with E-state index in [1.54, 1.807) is 11.8 Å². The topological polar surface area (TPSA) is 133 Å². The van der Waals surface area contributed by atoms with Crippen molar-refractivity contribution < 1.29 is 9.90 Å². The molecule has 2 aromatic carbocycles. The van der Waals surface area contributed by atoms with Crippen LogP contribution in [-0.4, -0.2) is 72.1 Å². The van der Waals surface area contributed by atoms with Crippen LogP contribution in [0.1, 0.15) is 65.3 Å². The molecule has 9 nitrogen and oxygen atoms in total. The molecule has 0 saturated carbocycles. The lowest BCUT2D eigenvalue weighted by atomic mass is 9.99. The summed E-state index contributed by atoms with van der Waals surface area (Å²) in [6.07, 6.45) is 2.72. The van der Waals surface area contributed by atoms with Crippen LogP contribution in [0.15, 0.2) is 47.5 Å². The second-order valence-electron chi connectivity index (χ2n) is 11.9. The van der Waals surface area contributed by atoms with Gasteiger partial charge in [0.2, 0.25) is 5.91 Å². The van der Waals surface area contributed by atoms with Gasteiger partial charge in [0.05, 0.1) is 18.7 Å². The number of unbranched alkanes of at least 4 members (excludes halogenated alkanes) is 2. The van der Waals surface area contributed by atoms with Crippen molar-refractivity contribution in [2.45, 2.75) is 59.1 Å². The number of hydrogen-bond acceptors (Lipinski definition) is 8. The minimum atomic E-state index is -0.762. The van der Waals surface area contributed by atoms with Gasteiger partial charge in [-0.2, -0.15) is 0 Å². The third-order valence-corrected chi connectivity index (χ3v) is 10.1. The van der Waals surface area contributed by atoms with Gasteiger partial charge in [0.1, 0.15) is 22.7 Å². The van der Waals surface area contributed by atoms with Crippen LogP contribution in [-0.2, 0) is 11.4 Å². The summed E-state index contributed by atoms with van der Waals surface area (Å²) in [5, 5.41) is 29.2. The quantitative estimate of drug-likeness (QED) is 0.105. The summed E-state index contributed by atoms with van der Waals surface area (Å²) in [5.74, 6) is 6.63. The minimum absolute atomic E-state index is 0.0278. The molecule has 1 aromatic heterocycles. The predicted octanol–water partition coefficient (Wildman–Crippen LogP) is 5.73. The molecule has 11 heteroatoms. The number of anilines is 2. The molecule has 5 rings (SSSR count). The van der Waals surface area contributed by atoms with E-state index in [1.807, 2.05) is 61.2 Å². The lowest BCUT2D eigenvalue weighted by molar-refractivity contribution is -0.131. The Balaban J connectivity index is 1.33. The largest absolute Gasteiger partial charge is 0.392 e. The van der Waals surface area contributed by atoms with Crippen molar-refractivity contribution in [1.29, 1.82) is 10.8 Å². The molecule has 0 unspecified atom stereocenters. The number of amides is 1. The molecule has 0 bridgehead atoms. The maximum absolute atomic E-state index is 13.8. The van der Waals surface area contributed by atoms with Crippen LogP contribution in [0.3, 0.4) is 0 Å². The first-order valence-electron chi connectivity index (χ1n) is 16.0. The number of halogens is 1. The van der Waals surface area contributed by atoms with Gasteiger partial charge in [0, 0.05) is 64.9 Å². The van der Waals surface area contributed by atoms with Crippen LogP contribution in [0.25, 0.3) is 0 Å². The van der Waals surface area contributed by atoms with Crippen LogP contribution >= 0.6 is 22.9 Å². The Morgan fingerprint density at radius 1 is 1.13 bits per heavy atom. The van der Waals surface area contributed by atoms with E-state index in [0.29, 0.717) is 43.5 Å². The molecule has 3 heterocycles. The van der Waals surface area contributed by atoms with E-state index in [2.05, 4.69) is 16.7 Å². The molecule has 47 heavy (non-hydrogen) atoms. The van der Waals surface area contributed by atoms with Crippen molar-refractivity contribution in [2.75, 3.05) is 42.5 Å². The molecule has 2 aliphatic heterocycles. The van der Waals surface area contributed by atoms with E-state index < -0.39 is 6.04 Å². The molecular formula is C36H42ClN7O2S. The SMILES string of the molecule is CC(=N)N1C(=N)[C@H](CC(=O)N2CCN(c3ccc(C#CCCCCN)c(CO)c3)CC2)N=C(c2ccc(Cl)cc2)c2c1sc(C)c2C. The van der Waals surface area contributed by atoms with Gasteiger partial charge in [-0.05, 0) is 81.6 Å². The first-order chi connectivity index (χ1) is 22.6. The van der Waals surface area contributed by atoms with Crippen molar-refractivity contribution in [3.05, 3.63) is 80.2 Å². The number of aliphatic hydroxyl groups excluding tert-OH is 1. The van der Waals surface area contributed by atoms with Crippen molar-refractivity contribution >= 4 is 56.9 Å². The summed E-state index contributed by atoms with van der Waals surface area (Å²) in [7, 11) is 0. The summed E-state index contributed by atoms with van der Waals surface area (Å²) >= 11 is 7.75. The fourth-order valence-electron chi connectivity index (χ4n) is 5.94. The number of amidine groups is 2. The molecule has 1 amide bonds. The van der Waals surface area contributed by atoms with E-state index in [9.17, 15) is 15.3 Å². The molecule has 5 N–H and O–H groups in total. The monoisotopic (exact) mass is 671 g/mol. The maximum atomic E-state index is 13.8. The standard InChI is InChI=1S/C36H42ClN7O2S/c1-23-24(2)47-36-33(23)34(27-9-12-29(37)13-10-27)41-31(35(40)44(36)25(3)39)21-32(46)43-18-16-42(17-19-43)30-14-11-26(28(20-30)22-45)8-6-4-5-7-15-38/h9-14,20,31,39-40,45H,4-5,7,15-19,21-22,38H2,1-3H3/t31-/m0/s1. The number of rotatable bonds is 8. The van der Waals surface area contributed by atoms with E-state index >= 15 is 0 Å². The number of hydrogen-bond donors (Lipinski definition) is 4. The second-order valence-corrected chi connectivity index (χ2v) is 13.5. The second kappa shape index (κ2) is 15.3. The number of thiophene rings is 1. The highest BCUT2D eigenvalue weighted by molar-refractivity contribution is 7.17. The molecule has 1 atom stereocenters. The molecule has 3 aromatic rings. The molecule has 0 aliphatic carbocycles. The number of piperazine rings is 1. The summed E-state index contributed by atoms with van der Waals surface area (Å²) in [4.78, 5) is 25.6. The van der Waals surface area contributed by atoms with Crippen LogP contribution in [0.2, 0.25) is 5.02 Å². The van der Waals surface area contributed by atoms with Crippen LogP contribution < -0.4 is 15.5 Å². The molecule has 246 valence electrons. The highest BCUT2D eigenvalue weighted by atomic mass is 35.5. The maximum Gasteiger partial charge on any atom is 0.225 e. The lowest BCUT2D eigenvalue weighted by Crippen LogP contribution is -2.50. The Kier molecular flexibility index (Phi) is 11.1. The normalized spacial score (nSPS) is 16.3. The first kappa shape index (κ1) is 34.3. The van der Waals surface area contributed by atoms with Gasteiger partial charge in [0.15, 0.2) is 0 Å². The molecular weight excluding hydrogens is 630 g/mol. The number of aliphatic hydroxyl groups is 1. The van der Waals surface area contributed by atoms with Crippen molar-refractivity contribution in [2.24, 2.45) is 10.7 Å². The number of nitrogens with one attached hydrogen (secondary N) is 2. The van der Waals surface area contributed by atoms with Gasteiger partial charge in [0.25, 0.3) is 0 Å². The zero-order chi connectivity index (χ0) is 33.7.